The molecule has 0 aliphatic carbocycles. The van der Waals surface area contributed by atoms with E-state index < -0.39 is 0 Å². The van der Waals surface area contributed by atoms with Gasteiger partial charge in [0.1, 0.15) is 5.37 Å². The van der Waals surface area contributed by atoms with Crippen molar-refractivity contribution in [3.8, 4) is 0 Å². The molecule has 1 amide bonds. The van der Waals surface area contributed by atoms with Gasteiger partial charge in [-0.05, 0) is 50.9 Å². The van der Waals surface area contributed by atoms with Crippen LogP contribution in [0.5, 0.6) is 0 Å². The van der Waals surface area contributed by atoms with Crippen molar-refractivity contribution in [1.29, 1.82) is 0 Å². The van der Waals surface area contributed by atoms with Crippen LogP contribution in [0.3, 0.4) is 0 Å². The number of thioether (sulfide) groups is 1. The van der Waals surface area contributed by atoms with Crippen LogP contribution in [0.1, 0.15) is 36.6 Å². The van der Waals surface area contributed by atoms with Gasteiger partial charge >= 0.3 is 0 Å². The molecule has 0 radical (unpaired) electrons. The molecule has 2 saturated heterocycles. The van der Waals surface area contributed by atoms with E-state index in [0.29, 0.717) is 11.7 Å². The topological polar surface area (TPSA) is 23.6 Å². The first-order valence-electron chi connectivity index (χ1n) is 8.03. The van der Waals surface area contributed by atoms with Gasteiger partial charge in [-0.1, -0.05) is 30.3 Å². The number of unbranched alkanes of at least 4 members (excludes halogenated alkanes) is 1. The summed E-state index contributed by atoms with van der Waals surface area (Å²) in [6.07, 6.45) is 5.04. The molecule has 0 saturated carbocycles. The molecule has 0 bridgehead atoms. The summed E-state index contributed by atoms with van der Waals surface area (Å²) in [7, 11) is 0. The maximum absolute atomic E-state index is 12.1. The van der Waals surface area contributed by atoms with Crippen molar-refractivity contribution in [2.24, 2.45) is 0 Å². The molecule has 21 heavy (non-hydrogen) atoms. The van der Waals surface area contributed by atoms with Crippen molar-refractivity contribution in [1.82, 2.24) is 9.80 Å². The van der Waals surface area contributed by atoms with E-state index in [9.17, 15) is 4.79 Å². The molecular formula is C17H24N2OS. The van der Waals surface area contributed by atoms with Crippen LogP contribution >= 0.6 is 11.8 Å². The zero-order valence-corrected chi connectivity index (χ0v) is 13.4. The van der Waals surface area contributed by atoms with Gasteiger partial charge in [-0.25, -0.2) is 0 Å². The van der Waals surface area contributed by atoms with Gasteiger partial charge < -0.3 is 9.80 Å². The van der Waals surface area contributed by atoms with Crippen LogP contribution in [-0.4, -0.2) is 47.6 Å². The summed E-state index contributed by atoms with van der Waals surface area (Å²) >= 11 is 1.76. The number of likely N-dealkylation sites (tertiary alicyclic amines) is 1. The van der Waals surface area contributed by atoms with Crippen LogP contribution in [0.15, 0.2) is 30.3 Å². The number of hydrogen-bond donors (Lipinski definition) is 0. The molecule has 2 aliphatic heterocycles. The standard InChI is InChI=1S/C17H24N2OS/c20-16-14-21-17(15-8-2-1-3-9-15)19(16)13-7-6-12-18-10-4-5-11-18/h1-3,8-9,17H,4-7,10-14H2. The number of carbonyl (C=O) groups is 1. The van der Waals surface area contributed by atoms with E-state index in [-0.39, 0.29) is 5.37 Å². The van der Waals surface area contributed by atoms with Crippen LogP contribution in [-0.2, 0) is 4.79 Å². The van der Waals surface area contributed by atoms with Crippen molar-refractivity contribution in [2.75, 3.05) is 31.9 Å². The number of amides is 1. The largest absolute Gasteiger partial charge is 0.326 e. The number of hydrogen-bond acceptors (Lipinski definition) is 3. The van der Waals surface area contributed by atoms with Crippen molar-refractivity contribution < 1.29 is 4.79 Å². The number of benzene rings is 1. The van der Waals surface area contributed by atoms with E-state index in [2.05, 4.69) is 34.1 Å². The third-order valence-electron chi connectivity index (χ3n) is 4.37. The van der Waals surface area contributed by atoms with E-state index in [1.165, 1.54) is 44.5 Å². The minimum absolute atomic E-state index is 0.227. The summed E-state index contributed by atoms with van der Waals surface area (Å²) in [5.41, 5.74) is 1.26. The fourth-order valence-electron chi connectivity index (χ4n) is 3.21. The van der Waals surface area contributed by atoms with Gasteiger partial charge in [0.05, 0.1) is 5.75 Å². The Morgan fingerprint density at radius 3 is 2.52 bits per heavy atom. The fraction of sp³-hybridized carbons (Fsp3) is 0.588. The Balaban J connectivity index is 1.49. The Morgan fingerprint density at radius 2 is 1.76 bits per heavy atom. The number of nitrogens with zero attached hydrogens (tertiary/aromatic N) is 2. The summed E-state index contributed by atoms with van der Waals surface area (Å²) in [4.78, 5) is 16.7. The molecule has 0 N–H and O–H groups in total. The Labute approximate surface area is 131 Å². The number of rotatable bonds is 6. The summed E-state index contributed by atoms with van der Waals surface area (Å²) in [6, 6.07) is 10.4. The van der Waals surface area contributed by atoms with E-state index in [1.54, 1.807) is 11.8 Å². The van der Waals surface area contributed by atoms with Gasteiger partial charge in [-0.15, -0.1) is 11.8 Å². The van der Waals surface area contributed by atoms with Crippen molar-refractivity contribution in [3.05, 3.63) is 35.9 Å². The van der Waals surface area contributed by atoms with Crippen LogP contribution in [0.4, 0.5) is 0 Å². The monoisotopic (exact) mass is 304 g/mol. The summed E-state index contributed by atoms with van der Waals surface area (Å²) < 4.78 is 0. The second-order valence-electron chi connectivity index (χ2n) is 5.92. The molecule has 1 atom stereocenters. The summed E-state index contributed by atoms with van der Waals surface area (Å²) in [5.74, 6) is 0.932. The predicted octanol–water partition coefficient (Wildman–Crippen LogP) is 3.14. The Hall–Kier alpha value is -1.00. The lowest BCUT2D eigenvalue weighted by Crippen LogP contribution is -2.30. The molecule has 2 heterocycles. The maximum Gasteiger partial charge on any atom is 0.233 e. The molecule has 0 aromatic heterocycles. The molecule has 1 aromatic carbocycles. The van der Waals surface area contributed by atoms with Gasteiger partial charge in [-0.3, -0.25) is 4.79 Å². The average Bonchev–Trinajstić information content (AvgIpc) is 3.15. The predicted molar refractivity (Wildman–Crippen MR) is 88.3 cm³/mol. The SMILES string of the molecule is O=C1CSC(c2ccccc2)N1CCCCN1CCCC1. The van der Waals surface area contributed by atoms with Gasteiger partial charge in [-0.2, -0.15) is 0 Å². The van der Waals surface area contributed by atoms with E-state index in [0.717, 1.165) is 13.0 Å². The van der Waals surface area contributed by atoms with E-state index in [4.69, 9.17) is 0 Å². The normalized spacial score (nSPS) is 23.1. The Bertz CT molecular complexity index is 459. The number of carbonyl (C=O) groups excluding carboxylic acids is 1. The fourth-order valence-corrected chi connectivity index (χ4v) is 4.43. The third-order valence-corrected chi connectivity index (χ3v) is 5.63. The van der Waals surface area contributed by atoms with Crippen LogP contribution in [0.2, 0.25) is 0 Å². The minimum Gasteiger partial charge on any atom is -0.326 e. The van der Waals surface area contributed by atoms with Crippen LogP contribution in [0, 0.1) is 0 Å². The second kappa shape index (κ2) is 7.32. The van der Waals surface area contributed by atoms with Gasteiger partial charge in [0, 0.05) is 6.54 Å². The molecule has 1 aromatic rings. The molecule has 2 aliphatic rings. The molecule has 4 heteroatoms. The lowest BCUT2D eigenvalue weighted by atomic mass is 10.2. The molecule has 2 fully saturated rings. The van der Waals surface area contributed by atoms with E-state index in [1.807, 2.05) is 6.07 Å². The molecule has 3 nitrogen and oxygen atoms in total. The Morgan fingerprint density at radius 1 is 1.05 bits per heavy atom. The highest BCUT2D eigenvalue weighted by molar-refractivity contribution is 8.00. The van der Waals surface area contributed by atoms with E-state index >= 15 is 0 Å². The highest BCUT2D eigenvalue weighted by Gasteiger charge is 2.32. The lowest BCUT2D eigenvalue weighted by Gasteiger charge is -2.24. The minimum atomic E-state index is 0.227. The van der Waals surface area contributed by atoms with Gasteiger partial charge in [0.2, 0.25) is 5.91 Å². The highest BCUT2D eigenvalue weighted by atomic mass is 32.2. The van der Waals surface area contributed by atoms with Crippen LogP contribution < -0.4 is 0 Å². The van der Waals surface area contributed by atoms with Gasteiger partial charge in [0.15, 0.2) is 0 Å². The van der Waals surface area contributed by atoms with Crippen LogP contribution in [0.25, 0.3) is 0 Å². The first-order valence-corrected chi connectivity index (χ1v) is 9.08. The molecule has 0 spiro atoms. The highest BCUT2D eigenvalue weighted by Crippen LogP contribution is 2.38. The van der Waals surface area contributed by atoms with Crippen molar-refractivity contribution >= 4 is 17.7 Å². The first-order chi connectivity index (χ1) is 10.3. The second-order valence-corrected chi connectivity index (χ2v) is 6.99. The van der Waals surface area contributed by atoms with Crippen molar-refractivity contribution in [3.63, 3.8) is 0 Å². The molecule has 3 rings (SSSR count). The first kappa shape index (κ1) is 14.9. The third kappa shape index (κ3) is 3.80. The quantitative estimate of drug-likeness (QED) is 0.754. The zero-order valence-electron chi connectivity index (χ0n) is 12.5. The summed E-state index contributed by atoms with van der Waals surface area (Å²) in [5, 5.41) is 0.227. The van der Waals surface area contributed by atoms with Gasteiger partial charge in [0.25, 0.3) is 0 Å². The smallest absolute Gasteiger partial charge is 0.233 e. The Kier molecular flexibility index (Phi) is 5.20. The molecule has 114 valence electrons. The van der Waals surface area contributed by atoms with Crippen molar-refractivity contribution in [2.45, 2.75) is 31.1 Å². The lowest BCUT2D eigenvalue weighted by molar-refractivity contribution is -0.128. The molecule has 1 unspecified atom stereocenters. The zero-order chi connectivity index (χ0) is 14.5. The summed E-state index contributed by atoms with van der Waals surface area (Å²) in [6.45, 7) is 4.64. The maximum atomic E-state index is 12.1. The molecular weight excluding hydrogens is 280 g/mol. The average molecular weight is 304 g/mol.